The first-order valence-electron chi connectivity index (χ1n) is 5.78. The molecule has 0 nitrogen and oxygen atoms in total. The van der Waals surface area contributed by atoms with Gasteiger partial charge < -0.3 is 0 Å². The molecule has 0 radical (unpaired) electrons. The van der Waals surface area contributed by atoms with Crippen LogP contribution in [0.5, 0.6) is 0 Å². The monoisotopic (exact) mass is 318 g/mol. The number of aryl methyl sites for hydroxylation is 2. The number of rotatable bonds is 0. The maximum atomic E-state index is 5.51. The van der Waals surface area contributed by atoms with Crippen molar-refractivity contribution in [3.8, 4) is 0 Å². The Labute approximate surface area is 124 Å². The van der Waals surface area contributed by atoms with Gasteiger partial charge in [-0.1, -0.05) is 13.8 Å². The molecule has 18 heavy (non-hydrogen) atoms. The van der Waals surface area contributed by atoms with E-state index in [1.165, 1.54) is 14.9 Å². The van der Waals surface area contributed by atoms with Crippen molar-refractivity contribution in [1.29, 1.82) is 0 Å². The summed E-state index contributed by atoms with van der Waals surface area (Å²) in [6.45, 7) is 8.10. The number of hydrogen-bond acceptors (Lipinski definition) is 0. The average molecular weight is 319 g/mol. The average Bonchev–Trinajstić information content (AvgIpc) is 2.93. The first kappa shape index (κ1) is 17.9. The van der Waals surface area contributed by atoms with Gasteiger partial charge in [-0.25, -0.2) is 23.3 Å². The smallest absolute Gasteiger partial charge is 0.0961 e. The van der Waals surface area contributed by atoms with Crippen molar-refractivity contribution in [2.75, 3.05) is 0 Å². The molecule has 100 valence electrons. The van der Waals surface area contributed by atoms with E-state index in [0.29, 0.717) is 0 Å². The Morgan fingerprint density at radius 2 is 1.28 bits per heavy atom. The van der Waals surface area contributed by atoms with Crippen molar-refractivity contribution in [2.24, 2.45) is 0 Å². The van der Waals surface area contributed by atoms with Crippen molar-refractivity contribution in [3.63, 3.8) is 0 Å². The standard InChI is InChI=1S/2C6H7.C3H6.2ClH.Ti/c2*1-6-4-2-3-5-6;1-3-2;;;/h2*2-5H,1H3;1-2H3;2*1H;/q2*-1;;;;+2/p-2. The Morgan fingerprint density at radius 1 is 0.944 bits per heavy atom. The Morgan fingerprint density at radius 3 is 1.33 bits per heavy atom. The van der Waals surface area contributed by atoms with E-state index in [9.17, 15) is 0 Å². The van der Waals surface area contributed by atoms with Crippen LogP contribution in [-0.2, 0) is 15.3 Å². The fraction of sp³-hybridized carbons (Fsp3) is 0.267. The van der Waals surface area contributed by atoms with E-state index >= 15 is 0 Å². The van der Waals surface area contributed by atoms with E-state index in [1.807, 2.05) is 38.1 Å². The second kappa shape index (κ2) is 10.8. The minimum Gasteiger partial charge on any atom is -0.211 e. The third-order valence-electron chi connectivity index (χ3n) is 2.04. The molecule has 0 unspecified atom stereocenters. The van der Waals surface area contributed by atoms with Gasteiger partial charge in [0.15, 0.2) is 0 Å². The van der Waals surface area contributed by atoms with Crippen molar-refractivity contribution in [2.45, 2.75) is 27.7 Å². The topological polar surface area (TPSA) is 0 Å². The summed E-state index contributed by atoms with van der Waals surface area (Å²) in [5.74, 6) is 0. The largest absolute Gasteiger partial charge is 0.211 e. The summed E-state index contributed by atoms with van der Waals surface area (Å²) in [6.07, 6.45) is 0. The fourth-order valence-corrected chi connectivity index (χ4v) is 0.940. The zero-order valence-electron chi connectivity index (χ0n) is 11.4. The van der Waals surface area contributed by atoms with E-state index in [4.69, 9.17) is 18.6 Å². The van der Waals surface area contributed by atoms with Crippen LogP contribution in [-0.4, -0.2) is 3.81 Å². The first-order valence-corrected chi connectivity index (χ1v) is 10.9. The SMILES string of the molecule is C[C](C)=[Ti]([Cl])[Cl].Cc1cc[cH-]c1.Cc1cc[cH-]c1. The van der Waals surface area contributed by atoms with Gasteiger partial charge in [0.2, 0.25) is 0 Å². The molecule has 0 spiro atoms. The van der Waals surface area contributed by atoms with Crippen molar-refractivity contribution >= 4 is 22.4 Å². The normalized spacial score (nSPS) is 8.56. The van der Waals surface area contributed by atoms with Gasteiger partial charge in [0.25, 0.3) is 0 Å². The maximum Gasteiger partial charge on any atom is -0.0961 e. The van der Waals surface area contributed by atoms with Crippen LogP contribution >= 0.6 is 18.6 Å². The Bertz CT molecular complexity index is 375. The van der Waals surface area contributed by atoms with E-state index < -0.39 is 15.3 Å². The van der Waals surface area contributed by atoms with E-state index in [0.717, 1.165) is 0 Å². The minimum atomic E-state index is -1.60. The van der Waals surface area contributed by atoms with Gasteiger partial charge in [0, 0.05) is 0 Å². The Kier molecular flexibility index (Phi) is 10.7. The van der Waals surface area contributed by atoms with E-state index in [-0.39, 0.29) is 0 Å². The van der Waals surface area contributed by atoms with E-state index in [2.05, 4.69) is 38.1 Å². The van der Waals surface area contributed by atoms with Crippen LogP contribution in [0.15, 0.2) is 48.5 Å². The zero-order valence-corrected chi connectivity index (χ0v) is 14.4. The predicted molar refractivity (Wildman–Crippen MR) is 81.6 cm³/mol. The molecule has 0 amide bonds. The van der Waals surface area contributed by atoms with Crippen LogP contribution in [0, 0.1) is 13.8 Å². The summed E-state index contributed by atoms with van der Waals surface area (Å²) >= 11 is -1.60. The molecule has 2 aromatic carbocycles. The molecule has 0 aromatic heterocycles. The van der Waals surface area contributed by atoms with Crippen LogP contribution in [0.4, 0.5) is 0 Å². The molecule has 0 saturated heterocycles. The van der Waals surface area contributed by atoms with Gasteiger partial charge in [-0.2, -0.15) is 36.4 Å². The van der Waals surface area contributed by atoms with Gasteiger partial charge in [-0.3, -0.25) is 0 Å². The molecule has 0 heterocycles. The van der Waals surface area contributed by atoms with E-state index in [1.54, 1.807) is 0 Å². The van der Waals surface area contributed by atoms with Crippen LogP contribution in [0.25, 0.3) is 0 Å². The molecule has 0 fully saturated rings. The molecule has 0 N–H and O–H groups in total. The van der Waals surface area contributed by atoms with Gasteiger partial charge in [-0.15, -0.1) is 0 Å². The van der Waals surface area contributed by atoms with Crippen LogP contribution in [0.1, 0.15) is 25.0 Å². The van der Waals surface area contributed by atoms with Crippen molar-refractivity contribution < 1.29 is 15.3 Å². The predicted octanol–water partition coefficient (Wildman–Crippen LogP) is 5.55. The molecule has 0 bridgehead atoms. The van der Waals surface area contributed by atoms with Gasteiger partial charge in [0.05, 0.1) is 0 Å². The summed E-state index contributed by atoms with van der Waals surface area (Å²) in [7, 11) is 11.0. The minimum absolute atomic E-state index is 1.21. The third-order valence-corrected chi connectivity index (χ3v) is 6.33. The van der Waals surface area contributed by atoms with Gasteiger partial charge in [0.1, 0.15) is 0 Å². The Hall–Kier alpha value is -0.136. The van der Waals surface area contributed by atoms with Crippen molar-refractivity contribution in [1.82, 2.24) is 0 Å². The Balaban J connectivity index is 0.000000241. The maximum absolute atomic E-state index is 5.51. The fourth-order valence-electron chi connectivity index (χ4n) is 0.940. The quantitative estimate of drug-likeness (QED) is 0.441. The molecule has 2 rings (SSSR count). The molecule has 0 aliphatic carbocycles. The van der Waals surface area contributed by atoms with Gasteiger partial charge in [-0.05, 0) is 0 Å². The summed E-state index contributed by atoms with van der Waals surface area (Å²) in [4.78, 5) is 0. The molecule has 0 atom stereocenters. The zero-order chi connectivity index (χ0) is 14.0. The second-order valence-corrected chi connectivity index (χ2v) is 10.5. The summed E-state index contributed by atoms with van der Waals surface area (Å²) in [5, 5.41) is 0. The second-order valence-electron chi connectivity index (χ2n) is 4.18. The molecule has 0 aliphatic heterocycles. The molecule has 3 heteroatoms. The number of hydrogen-bond donors (Lipinski definition) is 0. The molecule has 0 saturated carbocycles. The van der Waals surface area contributed by atoms with Crippen LogP contribution < -0.4 is 0 Å². The summed E-state index contributed by atoms with van der Waals surface area (Å²) in [6, 6.07) is 16.5. The molecule has 0 aliphatic rings. The molecular formula is C15H20Cl2Ti-2. The summed E-state index contributed by atoms with van der Waals surface area (Å²) in [5.41, 5.74) is 2.69. The van der Waals surface area contributed by atoms with Crippen molar-refractivity contribution in [3.05, 3.63) is 59.7 Å². The molecular weight excluding hydrogens is 299 g/mol. The van der Waals surface area contributed by atoms with Crippen LogP contribution in [0.2, 0.25) is 0 Å². The third kappa shape index (κ3) is 11.0. The van der Waals surface area contributed by atoms with Crippen LogP contribution in [0.3, 0.4) is 0 Å². The van der Waals surface area contributed by atoms with Gasteiger partial charge >= 0.3 is 51.6 Å². The first-order chi connectivity index (χ1) is 8.43. The summed E-state index contributed by atoms with van der Waals surface area (Å²) < 4.78 is 1.21. The number of halogens is 2. The molecule has 2 aromatic rings.